The van der Waals surface area contributed by atoms with E-state index in [1.54, 1.807) is 13.1 Å². The lowest BCUT2D eigenvalue weighted by Gasteiger charge is -2.31. The van der Waals surface area contributed by atoms with E-state index in [4.69, 9.17) is 20.8 Å². The number of ether oxygens (including phenoxy) is 1. The average Bonchev–Trinajstić information content (AvgIpc) is 3.56. The third-order valence-corrected chi connectivity index (χ3v) is 7.55. The number of esters is 1. The fourth-order valence-corrected chi connectivity index (χ4v) is 6.04. The van der Waals surface area contributed by atoms with Crippen LogP contribution in [0.3, 0.4) is 0 Å². The van der Waals surface area contributed by atoms with Gasteiger partial charge in [-0.15, -0.1) is 0 Å². The van der Waals surface area contributed by atoms with E-state index < -0.39 is 11.9 Å². The molecule has 4 aromatic rings. The Labute approximate surface area is 215 Å². The molecule has 1 aromatic carbocycles. The van der Waals surface area contributed by atoms with Gasteiger partial charge in [-0.25, -0.2) is 9.78 Å². The zero-order chi connectivity index (χ0) is 25.0. The number of aryl methyl sites for hydroxylation is 1. The molecule has 0 saturated carbocycles. The van der Waals surface area contributed by atoms with Gasteiger partial charge in [0.05, 0.1) is 29.2 Å². The van der Waals surface area contributed by atoms with Crippen molar-refractivity contribution in [3.8, 4) is 0 Å². The Morgan fingerprint density at radius 3 is 3.00 bits per heavy atom. The second kappa shape index (κ2) is 8.90. The van der Waals surface area contributed by atoms with Crippen molar-refractivity contribution in [2.24, 2.45) is 0 Å². The standard InChI is InChI=1S/C26H23ClN4O4S/c1-3-34-25(33)24-23-14(11-28-24)20(21-15(29-23)5-4-6-17(21)32)18-7-8-19(35-18)36-26-30-16-10-13(27)9-12(2)22(16)31-26/h7-11,20,28-29H,3-6H2,1-2H3,(H,30,31). The normalized spacial score (nSPS) is 17.2. The summed E-state index contributed by atoms with van der Waals surface area (Å²) in [4.78, 5) is 36.6. The lowest BCUT2D eigenvalue weighted by atomic mass is 9.78. The summed E-state index contributed by atoms with van der Waals surface area (Å²) in [5, 5.41) is 5.31. The second-order valence-corrected chi connectivity index (χ2v) is 10.3. The summed E-state index contributed by atoms with van der Waals surface area (Å²) in [6, 6.07) is 7.49. The van der Waals surface area contributed by atoms with Gasteiger partial charge in [0.25, 0.3) is 0 Å². The number of halogens is 1. The van der Waals surface area contributed by atoms with Crippen LogP contribution in [0.5, 0.6) is 0 Å². The van der Waals surface area contributed by atoms with Crippen LogP contribution in [0.25, 0.3) is 11.0 Å². The highest BCUT2D eigenvalue weighted by molar-refractivity contribution is 7.99. The first-order valence-corrected chi connectivity index (χ1v) is 13.0. The number of aromatic nitrogens is 3. The molecule has 1 unspecified atom stereocenters. The van der Waals surface area contributed by atoms with Gasteiger partial charge in [0, 0.05) is 34.5 Å². The topological polar surface area (TPSA) is 113 Å². The van der Waals surface area contributed by atoms with Crippen molar-refractivity contribution < 1.29 is 18.7 Å². The zero-order valence-electron chi connectivity index (χ0n) is 19.7. The number of fused-ring (bicyclic) bond motifs is 2. The minimum atomic E-state index is -0.438. The van der Waals surface area contributed by atoms with Crippen molar-refractivity contribution in [3.05, 3.63) is 69.3 Å². The van der Waals surface area contributed by atoms with Gasteiger partial charge in [0.2, 0.25) is 0 Å². The van der Waals surface area contributed by atoms with Crippen LogP contribution in [-0.2, 0) is 9.53 Å². The summed E-state index contributed by atoms with van der Waals surface area (Å²) in [6.07, 6.45) is 3.74. The average molecular weight is 523 g/mol. The summed E-state index contributed by atoms with van der Waals surface area (Å²) >= 11 is 7.55. The number of imidazole rings is 1. The van der Waals surface area contributed by atoms with Crippen LogP contribution in [0.4, 0.5) is 5.69 Å². The fourth-order valence-electron chi connectivity index (χ4n) is 5.01. The first kappa shape index (κ1) is 23.0. The molecule has 3 aromatic heterocycles. The van der Waals surface area contributed by atoms with E-state index in [0.29, 0.717) is 44.4 Å². The highest BCUT2D eigenvalue weighted by Crippen LogP contribution is 2.47. The molecule has 3 N–H and O–H groups in total. The van der Waals surface area contributed by atoms with E-state index in [9.17, 15) is 9.59 Å². The van der Waals surface area contributed by atoms with Crippen LogP contribution in [0.1, 0.15) is 59.5 Å². The number of benzene rings is 1. The van der Waals surface area contributed by atoms with Gasteiger partial charge in [0.1, 0.15) is 11.5 Å². The SMILES string of the molecule is CCOC(=O)c1[nH]cc2c1NC1=C(C(=O)CCC1)C2c1ccc(Sc2nc3c(C)cc(Cl)cc3[nH]2)o1. The van der Waals surface area contributed by atoms with Crippen LogP contribution >= 0.6 is 23.4 Å². The predicted molar refractivity (Wildman–Crippen MR) is 137 cm³/mol. The predicted octanol–water partition coefficient (Wildman–Crippen LogP) is 6.34. The number of carbonyl (C=O) groups is 2. The lowest BCUT2D eigenvalue weighted by molar-refractivity contribution is -0.116. The largest absolute Gasteiger partial charge is 0.461 e. The molecule has 0 saturated heterocycles. The molecule has 10 heteroatoms. The van der Waals surface area contributed by atoms with Crippen LogP contribution in [-0.4, -0.2) is 33.3 Å². The van der Waals surface area contributed by atoms with E-state index in [-0.39, 0.29) is 12.4 Å². The Morgan fingerprint density at radius 2 is 2.17 bits per heavy atom. The number of nitrogens with zero attached hydrogens (tertiary/aromatic N) is 1. The molecule has 8 nitrogen and oxygen atoms in total. The van der Waals surface area contributed by atoms with Gasteiger partial charge in [0.15, 0.2) is 16.0 Å². The highest BCUT2D eigenvalue weighted by Gasteiger charge is 2.39. The van der Waals surface area contributed by atoms with Crippen molar-refractivity contribution in [2.45, 2.75) is 49.3 Å². The number of H-pyrrole nitrogens is 2. The van der Waals surface area contributed by atoms with Gasteiger partial charge >= 0.3 is 5.97 Å². The fraction of sp³-hybridized carbons (Fsp3) is 0.269. The Kier molecular flexibility index (Phi) is 5.69. The minimum Gasteiger partial charge on any atom is -0.461 e. The zero-order valence-corrected chi connectivity index (χ0v) is 21.2. The molecule has 6 rings (SSSR count). The van der Waals surface area contributed by atoms with Gasteiger partial charge in [-0.2, -0.15) is 0 Å². The number of furan rings is 1. The van der Waals surface area contributed by atoms with E-state index >= 15 is 0 Å². The molecular formula is C26H23ClN4O4S. The lowest BCUT2D eigenvalue weighted by Crippen LogP contribution is -2.26. The smallest absolute Gasteiger partial charge is 0.356 e. The number of allylic oxidation sites excluding steroid dienone is 2. The van der Waals surface area contributed by atoms with E-state index in [0.717, 1.165) is 40.7 Å². The van der Waals surface area contributed by atoms with Gasteiger partial charge < -0.3 is 24.4 Å². The summed E-state index contributed by atoms with van der Waals surface area (Å²) in [5.74, 6) is -0.136. The monoisotopic (exact) mass is 522 g/mol. The Balaban J connectivity index is 1.37. The summed E-state index contributed by atoms with van der Waals surface area (Å²) in [5.41, 5.74) is 6.01. The van der Waals surface area contributed by atoms with Crippen LogP contribution in [0.2, 0.25) is 5.02 Å². The van der Waals surface area contributed by atoms with Crippen LogP contribution in [0, 0.1) is 6.92 Å². The molecule has 36 heavy (non-hydrogen) atoms. The molecule has 1 aliphatic heterocycles. The van der Waals surface area contributed by atoms with Gasteiger partial charge in [-0.3, -0.25) is 4.79 Å². The van der Waals surface area contributed by atoms with Gasteiger partial charge in [-0.1, -0.05) is 11.6 Å². The quantitative estimate of drug-likeness (QED) is 0.262. The Bertz CT molecular complexity index is 1560. The van der Waals surface area contributed by atoms with Gasteiger partial charge in [-0.05, 0) is 68.3 Å². The third-order valence-electron chi connectivity index (χ3n) is 6.53. The maximum absolute atomic E-state index is 13.0. The maximum Gasteiger partial charge on any atom is 0.356 e. The maximum atomic E-state index is 13.0. The second-order valence-electron chi connectivity index (χ2n) is 8.86. The third kappa shape index (κ3) is 3.83. The summed E-state index contributed by atoms with van der Waals surface area (Å²) in [6.45, 7) is 4.01. The van der Waals surface area contributed by atoms with E-state index in [2.05, 4.69) is 20.3 Å². The van der Waals surface area contributed by atoms with Crippen molar-refractivity contribution in [1.82, 2.24) is 15.0 Å². The number of anilines is 1. The number of hydrogen-bond acceptors (Lipinski definition) is 7. The molecule has 1 atom stereocenters. The molecule has 0 radical (unpaired) electrons. The molecule has 0 amide bonds. The molecule has 0 spiro atoms. The molecule has 0 fully saturated rings. The number of ketones is 1. The first-order chi connectivity index (χ1) is 17.4. The summed E-state index contributed by atoms with van der Waals surface area (Å²) in [7, 11) is 0. The molecule has 2 aliphatic rings. The van der Waals surface area contributed by atoms with Crippen molar-refractivity contribution in [1.29, 1.82) is 0 Å². The van der Waals surface area contributed by atoms with Crippen molar-refractivity contribution >= 4 is 51.8 Å². The number of nitrogens with one attached hydrogen (secondary N) is 3. The van der Waals surface area contributed by atoms with Crippen molar-refractivity contribution in [2.75, 3.05) is 11.9 Å². The number of hydrogen-bond donors (Lipinski definition) is 3. The van der Waals surface area contributed by atoms with Crippen LogP contribution in [0.15, 0.2) is 56.4 Å². The first-order valence-electron chi connectivity index (χ1n) is 11.8. The molecule has 0 bridgehead atoms. The molecule has 4 heterocycles. The van der Waals surface area contributed by atoms with E-state index in [1.165, 1.54) is 11.8 Å². The molecule has 184 valence electrons. The van der Waals surface area contributed by atoms with E-state index in [1.807, 2.05) is 31.2 Å². The number of carbonyl (C=O) groups excluding carboxylic acids is 2. The minimum absolute atomic E-state index is 0.0912. The molecule has 1 aliphatic carbocycles. The molecular weight excluding hydrogens is 500 g/mol. The highest BCUT2D eigenvalue weighted by atomic mass is 35.5. The summed E-state index contributed by atoms with van der Waals surface area (Å²) < 4.78 is 11.5. The Morgan fingerprint density at radius 1 is 1.31 bits per heavy atom. The Hall–Kier alpha value is -3.43. The van der Waals surface area contributed by atoms with Crippen molar-refractivity contribution in [3.63, 3.8) is 0 Å². The number of aromatic amines is 2. The van der Waals surface area contributed by atoms with Crippen LogP contribution < -0.4 is 5.32 Å². The number of Topliss-reactive ketones (excluding diaryl/α,β-unsaturated/α-hetero) is 1. The number of rotatable bonds is 5.